The van der Waals surface area contributed by atoms with Gasteiger partial charge in [0.1, 0.15) is 6.23 Å². The van der Waals surface area contributed by atoms with Gasteiger partial charge in [0.2, 0.25) is 0 Å². The number of hydrogen-bond donors (Lipinski definition) is 5. The first-order chi connectivity index (χ1) is 13.1. The maximum absolute atomic E-state index is 12.1. The molecule has 0 bridgehead atoms. The molecule has 5 atom stereocenters. The second kappa shape index (κ2) is 9.43. The smallest absolute Gasteiger partial charge is 0.339 e. The van der Waals surface area contributed by atoms with Crippen LogP contribution in [0, 0.1) is 6.92 Å². The molecular weight excluding hydrogens is 509 g/mol. The average Bonchev–Trinajstić information content (AvgIpc) is 2.88. The molecule has 0 saturated carbocycles. The Kier molecular flexibility index (Phi) is 8.32. The molecule has 0 amide bonds. The fourth-order valence-corrected chi connectivity index (χ4v) is 10.2. The third-order valence-electron chi connectivity index (χ3n) is 3.72. The minimum atomic E-state index is -4.40. The van der Waals surface area contributed by atoms with Crippen LogP contribution in [0.1, 0.15) is 31.6 Å². The predicted molar refractivity (Wildman–Crippen MR) is 114 cm³/mol. The highest BCUT2D eigenvalue weighted by Gasteiger charge is 2.41. The Bertz CT molecular complexity index is 1020. The molecule has 0 radical (unpaired) electrons. The van der Waals surface area contributed by atoms with Crippen molar-refractivity contribution in [2.75, 3.05) is 0 Å². The maximum atomic E-state index is 12.1. The van der Waals surface area contributed by atoms with Crippen molar-refractivity contribution in [3.8, 4) is 0 Å². The van der Waals surface area contributed by atoms with Crippen LogP contribution < -0.4 is 11.2 Å². The van der Waals surface area contributed by atoms with Gasteiger partial charge in [-0.2, -0.15) is 0 Å². The molecule has 12 nitrogen and oxygen atoms in total. The first kappa shape index (κ1) is 25.6. The zero-order valence-corrected chi connectivity index (χ0v) is 20.1. The molecule has 1 fully saturated rings. The molecule has 29 heavy (non-hydrogen) atoms. The van der Waals surface area contributed by atoms with Crippen molar-refractivity contribution in [2.45, 2.75) is 45.1 Å². The summed E-state index contributed by atoms with van der Waals surface area (Å²) in [6.07, 6.45) is -0.497. The van der Waals surface area contributed by atoms with E-state index in [1.165, 1.54) is 17.7 Å². The van der Waals surface area contributed by atoms with Gasteiger partial charge in [-0.05, 0) is 48.8 Å². The summed E-state index contributed by atoms with van der Waals surface area (Å²) in [4.78, 5) is 64.1. The molecule has 166 valence electrons. The summed E-state index contributed by atoms with van der Waals surface area (Å²) >= 11 is 13.6. The first-order valence-corrected chi connectivity index (χ1v) is 15.7. The van der Waals surface area contributed by atoms with E-state index in [9.17, 15) is 19.4 Å². The number of nitrogens with zero attached hydrogens (tertiary/aromatic N) is 1. The van der Waals surface area contributed by atoms with Gasteiger partial charge in [0, 0.05) is 18.2 Å². The largest absolute Gasteiger partial charge is 0.352 e. The Labute approximate surface area is 180 Å². The van der Waals surface area contributed by atoms with Gasteiger partial charge in [-0.15, -0.1) is 0 Å². The summed E-state index contributed by atoms with van der Waals surface area (Å²) in [7, 11) is 0. The zero-order valence-electron chi connectivity index (χ0n) is 15.0. The fraction of sp³-hybridized carbons (Fsp3) is 0.636. The van der Waals surface area contributed by atoms with Crippen LogP contribution >= 0.6 is 20.2 Å². The summed E-state index contributed by atoms with van der Waals surface area (Å²) in [6, 6.07) is 0. The van der Waals surface area contributed by atoms with Crippen LogP contribution in [-0.2, 0) is 53.3 Å². The molecule has 5 N–H and O–H groups in total. The Morgan fingerprint density at radius 2 is 1.83 bits per heavy atom. The molecule has 1 aromatic rings. The molecule has 2 rings (SSSR count). The van der Waals surface area contributed by atoms with Gasteiger partial charge in [0.25, 0.3) is 5.56 Å². The Balaban J connectivity index is 2.18. The van der Waals surface area contributed by atoms with Crippen LogP contribution in [0.2, 0.25) is 0 Å². The average molecular weight is 528 g/mol. The molecule has 0 aliphatic carbocycles. The van der Waals surface area contributed by atoms with Gasteiger partial charge in [-0.1, -0.05) is 6.92 Å². The number of ether oxygens (including phenoxy) is 1. The third-order valence-corrected chi connectivity index (χ3v) is 10.2. The van der Waals surface area contributed by atoms with Crippen molar-refractivity contribution in [1.29, 1.82) is 0 Å². The minimum Gasteiger partial charge on any atom is -0.352 e. The van der Waals surface area contributed by atoms with E-state index in [1.807, 2.05) is 0 Å². The summed E-state index contributed by atoms with van der Waals surface area (Å²) in [6.45, 7) is -9.71. The summed E-state index contributed by atoms with van der Waals surface area (Å²) in [5.41, 5.74) is -0.912. The number of aromatic amines is 1. The van der Waals surface area contributed by atoms with Gasteiger partial charge < -0.3 is 28.8 Å². The number of H-pyrrole nitrogens is 1. The standard InChI is InChI=1S/C11H19N2O10P3S3/c1-3-7-8(21-25(18,28)23-26(19,29)22-24(16,17)27)4-9(20-7)13-5-6(2)10(14)12-11(13)15/h5,7-9H,3-4H2,1-2H3,(H,18,28)(H,19,29)(H,12,14,15)(H2,16,17,27)/t7-,8+,9-,25?,26?/m1/s1. The van der Waals surface area contributed by atoms with Crippen LogP contribution in [0.3, 0.4) is 0 Å². The van der Waals surface area contributed by atoms with Gasteiger partial charge in [0.15, 0.2) is 0 Å². The topological polar surface area (TPSA) is 173 Å². The van der Waals surface area contributed by atoms with Crippen molar-refractivity contribution < 1.29 is 37.5 Å². The molecular formula is C11H19N2O10P3S3. The van der Waals surface area contributed by atoms with Crippen LogP contribution in [-0.4, -0.2) is 41.3 Å². The highest BCUT2D eigenvalue weighted by atomic mass is 32.5. The second-order valence-electron chi connectivity index (χ2n) is 5.99. The molecule has 0 spiro atoms. The number of nitrogens with one attached hydrogen (secondary N) is 1. The molecule has 18 heteroatoms. The molecule has 1 aliphatic heterocycles. The van der Waals surface area contributed by atoms with E-state index in [2.05, 4.69) is 32.9 Å². The quantitative estimate of drug-likeness (QED) is 0.297. The summed E-state index contributed by atoms with van der Waals surface area (Å²) in [5.74, 6) is 0. The Hall–Kier alpha value is 0.310. The van der Waals surface area contributed by atoms with Crippen molar-refractivity contribution >= 4 is 55.6 Å². The maximum Gasteiger partial charge on any atom is 0.339 e. The lowest BCUT2D eigenvalue weighted by Crippen LogP contribution is -2.33. The van der Waals surface area contributed by atoms with Crippen molar-refractivity contribution in [3.63, 3.8) is 0 Å². The highest BCUT2D eigenvalue weighted by molar-refractivity contribution is 8.17. The Morgan fingerprint density at radius 1 is 1.21 bits per heavy atom. The van der Waals surface area contributed by atoms with Crippen molar-refractivity contribution in [2.24, 2.45) is 0 Å². The normalized spacial score (nSPS) is 26.8. The number of rotatable bonds is 8. The van der Waals surface area contributed by atoms with Crippen LogP contribution in [0.4, 0.5) is 0 Å². The summed E-state index contributed by atoms with van der Waals surface area (Å²) in [5, 5.41) is 0. The molecule has 2 unspecified atom stereocenters. The van der Waals surface area contributed by atoms with Gasteiger partial charge >= 0.3 is 25.8 Å². The highest BCUT2D eigenvalue weighted by Crippen LogP contribution is 2.67. The SMILES string of the molecule is CC[C@H]1O[C@@H](n2cc(C)c(=O)[nH]c2=O)C[C@@H]1OP(O)(=S)OP(O)(=S)OP(O)(O)=S. The first-order valence-electron chi connectivity index (χ1n) is 7.92. The number of aryl methyl sites for hydroxylation is 1. The van der Waals surface area contributed by atoms with E-state index in [4.69, 9.17) is 35.2 Å². The molecule has 1 saturated heterocycles. The Morgan fingerprint density at radius 3 is 2.38 bits per heavy atom. The lowest BCUT2D eigenvalue weighted by Gasteiger charge is -2.26. The van der Waals surface area contributed by atoms with Crippen LogP contribution in [0.5, 0.6) is 0 Å². The number of hydrogen-bond acceptors (Lipinski definition) is 9. The van der Waals surface area contributed by atoms with E-state index in [1.54, 1.807) is 6.92 Å². The predicted octanol–water partition coefficient (Wildman–Crippen LogP) is 0.604. The summed E-state index contributed by atoms with van der Waals surface area (Å²) < 4.78 is 21.4. The van der Waals surface area contributed by atoms with Crippen molar-refractivity contribution in [3.05, 3.63) is 32.6 Å². The fourth-order valence-electron chi connectivity index (χ4n) is 2.61. The monoisotopic (exact) mass is 528 g/mol. The molecule has 1 aromatic heterocycles. The van der Waals surface area contributed by atoms with E-state index < -0.39 is 49.8 Å². The van der Waals surface area contributed by atoms with Gasteiger partial charge in [0.05, 0.1) is 12.2 Å². The van der Waals surface area contributed by atoms with Gasteiger partial charge in [-0.25, -0.2) is 13.4 Å². The van der Waals surface area contributed by atoms with E-state index >= 15 is 0 Å². The van der Waals surface area contributed by atoms with Gasteiger partial charge in [-0.3, -0.25) is 14.3 Å². The second-order valence-corrected chi connectivity index (χ2v) is 14.6. The molecule has 1 aliphatic rings. The zero-order chi connectivity index (χ0) is 22.2. The number of aromatic nitrogens is 2. The molecule has 2 heterocycles. The third kappa shape index (κ3) is 7.44. The minimum absolute atomic E-state index is 0.0549. The van der Waals surface area contributed by atoms with Crippen LogP contribution in [0.25, 0.3) is 0 Å². The van der Waals surface area contributed by atoms with Crippen LogP contribution in [0.15, 0.2) is 15.8 Å². The molecule has 0 aromatic carbocycles. The van der Waals surface area contributed by atoms with E-state index in [-0.39, 0.29) is 6.42 Å². The lowest BCUT2D eigenvalue weighted by atomic mass is 10.1. The van der Waals surface area contributed by atoms with Crippen molar-refractivity contribution in [1.82, 2.24) is 9.55 Å². The lowest BCUT2D eigenvalue weighted by molar-refractivity contribution is -0.0194. The van der Waals surface area contributed by atoms with E-state index in [0.717, 1.165) is 0 Å². The van der Waals surface area contributed by atoms with E-state index in [0.29, 0.717) is 12.0 Å².